The summed E-state index contributed by atoms with van der Waals surface area (Å²) in [4.78, 5) is 4.69. The Bertz CT molecular complexity index is 794. The van der Waals surface area contributed by atoms with Crippen molar-refractivity contribution in [2.75, 3.05) is 5.88 Å². The third kappa shape index (κ3) is 3.16. The molecule has 3 rings (SSSR count). The molecule has 0 atom stereocenters. The van der Waals surface area contributed by atoms with Gasteiger partial charge in [0.25, 0.3) is 0 Å². The topological polar surface area (TPSA) is 17.8 Å². The molecule has 1 aromatic heterocycles. The maximum Gasteiger partial charge on any atom is 0.115 e. The van der Waals surface area contributed by atoms with Crippen molar-refractivity contribution in [3.63, 3.8) is 0 Å². The molecule has 0 spiro atoms. The van der Waals surface area contributed by atoms with Gasteiger partial charge in [0.1, 0.15) is 5.82 Å². The van der Waals surface area contributed by atoms with Gasteiger partial charge in [-0.25, -0.2) is 4.98 Å². The summed E-state index contributed by atoms with van der Waals surface area (Å²) < 4.78 is 3.21. The van der Waals surface area contributed by atoms with Crippen LogP contribution in [-0.2, 0) is 6.42 Å². The van der Waals surface area contributed by atoms with Crippen LogP contribution in [0.4, 0.5) is 0 Å². The van der Waals surface area contributed by atoms with Crippen LogP contribution in [-0.4, -0.2) is 15.4 Å². The molecule has 2 aromatic carbocycles. The van der Waals surface area contributed by atoms with Gasteiger partial charge >= 0.3 is 0 Å². The van der Waals surface area contributed by atoms with Gasteiger partial charge in [0, 0.05) is 25.9 Å². The molecule has 3 aromatic rings. The average molecular weight is 452 g/mol. The van der Waals surface area contributed by atoms with Crippen molar-refractivity contribution in [1.29, 1.82) is 0 Å². The number of halogens is 4. The predicted octanol–water partition coefficient (Wildman–Crippen LogP) is 5.72. The molecule has 0 fully saturated rings. The average Bonchev–Trinajstić information content (AvgIpc) is 2.75. The molecule has 0 unspecified atom stereocenters. The summed E-state index contributed by atoms with van der Waals surface area (Å²) in [6, 6.07) is 11.6. The lowest BCUT2D eigenvalue weighted by atomic mass is 10.2. The van der Waals surface area contributed by atoms with Crippen LogP contribution in [0, 0.1) is 3.57 Å². The summed E-state index contributed by atoms with van der Waals surface area (Å²) in [6.07, 6.45) is 0.678. The standard InChI is InChI=1S/C15H10Cl3IN2/c16-4-3-15-20-13-8-11(19)1-2-14(13)21(15)12-6-9(17)5-10(18)7-12/h1-2,5-8H,3-4H2. The van der Waals surface area contributed by atoms with Crippen molar-refractivity contribution in [2.45, 2.75) is 6.42 Å². The monoisotopic (exact) mass is 450 g/mol. The van der Waals surface area contributed by atoms with Gasteiger partial charge in [0.05, 0.1) is 16.7 Å². The Balaban J connectivity index is 2.30. The van der Waals surface area contributed by atoms with E-state index in [0.717, 1.165) is 26.1 Å². The number of aryl methyl sites for hydroxylation is 1. The normalized spacial score (nSPS) is 11.2. The van der Waals surface area contributed by atoms with Crippen LogP contribution in [0.3, 0.4) is 0 Å². The Kier molecular flexibility index (Phi) is 4.64. The van der Waals surface area contributed by atoms with Gasteiger partial charge in [-0.2, -0.15) is 0 Å². The highest BCUT2D eigenvalue weighted by Gasteiger charge is 2.13. The van der Waals surface area contributed by atoms with Crippen molar-refractivity contribution < 1.29 is 0 Å². The molecule has 108 valence electrons. The zero-order chi connectivity index (χ0) is 15.0. The summed E-state index contributed by atoms with van der Waals surface area (Å²) in [5.74, 6) is 1.41. The number of nitrogens with zero attached hydrogens (tertiary/aromatic N) is 2. The lowest BCUT2D eigenvalue weighted by Gasteiger charge is -2.10. The van der Waals surface area contributed by atoms with Crippen molar-refractivity contribution in [3.05, 3.63) is 55.8 Å². The lowest BCUT2D eigenvalue weighted by molar-refractivity contribution is 0.912. The van der Waals surface area contributed by atoms with E-state index >= 15 is 0 Å². The van der Waals surface area contributed by atoms with Crippen molar-refractivity contribution in [1.82, 2.24) is 9.55 Å². The number of alkyl halides is 1. The fourth-order valence-corrected chi connectivity index (χ4v) is 3.47. The third-order valence-electron chi connectivity index (χ3n) is 3.11. The van der Waals surface area contributed by atoms with Crippen LogP contribution in [0.5, 0.6) is 0 Å². The molecule has 0 bridgehead atoms. The van der Waals surface area contributed by atoms with Gasteiger partial charge in [-0.15, -0.1) is 11.6 Å². The van der Waals surface area contributed by atoms with Crippen molar-refractivity contribution >= 4 is 68.4 Å². The molecule has 0 aliphatic carbocycles. The van der Waals surface area contributed by atoms with Gasteiger partial charge in [0.15, 0.2) is 0 Å². The zero-order valence-corrected chi connectivity index (χ0v) is 15.2. The SMILES string of the molecule is ClCCc1nc2cc(I)ccc2n1-c1cc(Cl)cc(Cl)c1. The molecule has 21 heavy (non-hydrogen) atoms. The smallest absolute Gasteiger partial charge is 0.115 e. The highest BCUT2D eigenvalue weighted by atomic mass is 127. The first kappa shape index (κ1) is 15.4. The first-order valence-corrected chi connectivity index (χ1v) is 8.65. The summed E-state index contributed by atoms with van der Waals surface area (Å²) in [7, 11) is 0. The molecule has 0 saturated carbocycles. The molecular weight excluding hydrogens is 441 g/mol. The van der Waals surface area contributed by atoms with E-state index in [1.807, 2.05) is 12.1 Å². The third-order valence-corrected chi connectivity index (χ3v) is 4.41. The molecule has 0 aliphatic heterocycles. The number of aromatic nitrogens is 2. The number of fused-ring (bicyclic) bond motifs is 1. The second kappa shape index (κ2) is 6.32. The highest BCUT2D eigenvalue weighted by Crippen LogP contribution is 2.28. The molecular formula is C15H10Cl3IN2. The molecule has 2 nitrogen and oxygen atoms in total. The van der Waals surface area contributed by atoms with E-state index in [1.165, 1.54) is 0 Å². The number of imidazole rings is 1. The molecule has 6 heteroatoms. The summed E-state index contributed by atoms with van der Waals surface area (Å²) in [5, 5.41) is 1.20. The van der Waals surface area contributed by atoms with Gasteiger partial charge in [-0.1, -0.05) is 23.2 Å². The summed E-state index contributed by atoms with van der Waals surface area (Å²) in [6.45, 7) is 0. The van der Waals surface area contributed by atoms with Gasteiger partial charge in [-0.3, -0.25) is 4.57 Å². The maximum atomic E-state index is 6.13. The Labute approximate surface area is 151 Å². The van der Waals surface area contributed by atoms with Crippen LogP contribution < -0.4 is 0 Å². The number of hydrogen-bond donors (Lipinski definition) is 0. The van der Waals surface area contributed by atoms with E-state index < -0.39 is 0 Å². The van der Waals surface area contributed by atoms with E-state index in [9.17, 15) is 0 Å². The molecule has 1 heterocycles. The molecule has 0 amide bonds. The first-order chi connectivity index (χ1) is 10.1. The van der Waals surface area contributed by atoms with E-state index in [2.05, 4.69) is 50.3 Å². The minimum absolute atomic E-state index is 0.509. The predicted molar refractivity (Wildman–Crippen MR) is 98.2 cm³/mol. The minimum Gasteiger partial charge on any atom is -0.296 e. The van der Waals surface area contributed by atoms with Gasteiger partial charge in [0.2, 0.25) is 0 Å². The van der Waals surface area contributed by atoms with E-state index in [4.69, 9.17) is 34.8 Å². The van der Waals surface area contributed by atoms with Crippen LogP contribution >= 0.6 is 57.4 Å². The molecule has 0 saturated heterocycles. The Morgan fingerprint density at radius 3 is 2.43 bits per heavy atom. The summed E-state index contributed by atoms with van der Waals surface area (Å²) >= 11 is 20.4. The van der Waals surface area contributed by atoms with Crippen molar-refractivity contribution in [3.8, 4) is 5.69 Å². The maximum absolute atomic E-state index is 6.13. The second-order valence-electron chi connectivity index (χ2n) is 4.56. The van der Waals surface area contributed by atoms with Gasteiger partial charge in [-0.05, 0) is 59.0 Å². The second-order valence-corrected chi connectivity index (χ2v) is 7.06. The minimum atomic E-state index is 0.509. The number of rotatable bonds is 3. The summed E-state index contributed by atoms with van der Waals surface area (Å²) in [5.41, 5.74) is 2.86. The van der Waals surface area contributed by atoms with Gasteiger partial charge < -0.3 is 0 Å². The fourth-order valence-electron chi connectivity index (χ4n) is 2.31. The Hall–Kier alpha value is -0.490. The first-order valence-electron chi connectivity index (χ1n) is 6.28. The van der Waals surface area contributed by atoms with Crippen LogP contribution in [0.2, 0.25) is 10.0 Å². The van der Waals surface area contributed by atoms with E-state index in [1.54, 1.807) is 6.07 Å². The number of hydrogen-bond acceptors (Lipinski definition) is 1. The highest BCUT2D eigenvalue weighted by molar-refractivity contribution is 14.1. The number of benzene rings is 2. The largest absolute Gasteiger partial charge is 0.296 e. The van der Waals surface area contributed by atoms with Crippen LogP contribution in [0.25, 0.3) is 16.7 Å². The quantitative estimate of drug-likeness (QED) is 0.368. The fraction of sp³-hybridized carbons (Fsp3) is 0.133. The zero-order valence-electron chi connectivity index (χ0n) is 10.8. The van der Waals surface area contributed by atoms with Crippen LogP contribution in [0.15, 0.2) is 36.4 Å². The van der Waals surface area contributed by atoms with E-state index in [0.29, 0.717) is 22.3 Å². The lowest BCUT2D eigenvalue weighted by Crippen LogP contribution is -2.02. The van der Waals surface area contributed by atoms with Crippen molar-refractivity contribution in [2.24, 2.45) is 0 Å². The molecule has 0 aliphatic rings. The Morgan fingerprint density at radius 2 is 1.76 bits per heavy atom. The Morgan fingerprint density at radius 1 is 1.05 bits per heavy atom. The van der Waals surface area contributed by atoms with E-state index in [-0.39, 0.29) is 0 Å². The molecule has 0 radical (unpaired) electrons. The van der Waals surface area contributed by atoms with Crippen LogP contribution in [0.1, 0.15) is 5.82 Å². The molecule has 0 N–H and O–H groups in total.